The molecule has 5 aromatic rings. The van der Waals surface area contributed by atoms with E-state index >= 15 is 0 Å². The Morgan fingerprint density at radius 3 is 1.52 bits per heavy atom. The monoisotopic (exact) mass is 919 g/mol. The van der Waals surface area contributed by atoms with Gasteiger partial charge < -0.3 is 14.2 Å². The van der Waals surface area contributed by atoms with Crippen molar-refractivity contribution in [1.82, 2.24) is 0 Å². The minimum absolute atomic E-state index is 0.0426. The van der Waals surface area contributed by atoms with Crippen molar-refractivity contribution in [3.8, 4) is 0 Å². The zero-order chi connectivity index (χ0) is 49.7. The van der Waals surface area contributed by atoms with Gasteiger partial charge in [0.2, 0.25) is 0 Å². The second-order valence-electron chi connectivity index (χ2n) is 29.1. The highest BCUT2D eigenvalue weighted by Crippen LogP contribution is 2.57. The molecule has 1 atom stereocenters. The molecule has 2 aliphatic heterocycles. The summed E-state index contributed by atoms with van der Waals surface area (Å²) in [6, 6.07) is 25.4. The molecule has 362 valence electrons. The van der Waals surface area contributed by atoms with Gasteiger partial charge in [-0.3, -0.25) is 0 Å². The molecule has 0 saturated carbocycles. The fourth-order valence-corrected chi connectivity index (χ4v) is 14.1. The predicted octanol–water partition coefficient (Wildman–Crippen LogP) is 16.5. The van der Waals surface area contributed by atoms with Crippen molar-refractivity contribution in [3.05, 3.63) is 128 Å². The van der Waals surface area contributed by atoms with Crippen LogP contribution in [0.15, 0.2) is 87.9 Å². The summed E-state index contributed by atoms with van der Waals surface area (Å²) in [6.45, 7) is 46.5. The van der Waals surface area contributed by atoms with Crippen LogP contribution in [0.5, 0.6) is 0 Å². The average Bonchev–Trinajstić information content (AvgIpc) is 3.62. The average molecular weight is 919 g/mol. The number of nitrogens with zero attached hydrogens (tertiary/aromatic N) is 2. The van der Waals surface area contributed by atoms with E-state index in [-0.39, 0.29) is 56.1 Å². The first-order valence-corrected chi connectivity index (χ1v) is 26.9. The molecule has 0 N–H and O–H groups in total. The van der Waals surface area contributed by atoms with E-state index in [1.54, 1.807) is 0 Å². The quantitative estimate of drug-likeness (QED) is 0.165. The standard InChI is InChI=1S/C65H83BN2O/c1-38-30-43-46(63(14,15)27-24-60(43,8)9)35-50(38)68-51-36-47-45(62(12,13)26-28-64(47,16)17)34-49(51)66-55-52(31-40(32-53(55)68)59(5,6)7)67(41-22-20-39(21-23-41)58(2,3)4)56-42-33-44-48(37-54(42)69-57(56)66)65(18,19)29-25-61(44,10)11/h20-23,30,32-37,52H,24-29,31H2,1-19H3. The van der Waals surface area contributed by atoms with E-state index in [0.29, 0.717) is 0 Å². The molecule has 0 saturated heterocycles. The van der Waals surface area contributed by atoms with Crippen molar-refractivity contribution < 1.29 is 4.42 Å². The number of fused-ring (bicyclic) bond motifs is 9. The van der Waals surface area contributed by atoms with E-state index in [1.807, 2.05) is 0 Å². The third-order valence-electron chi connectivity index (χ3n) is 19.3. The summed E-state index contributed by atoms with van der Waals surface area (Å²) in [5.41, 5.74) is 25.2. The van der Waals surface area contributed by atoms with Crippen molar-refractivity contribution in [2.75, 3.05) is 9.80 Å². The predicted molar refractivity (Wildman–Crippen MR) is 297 cm³/mol. The van der Waals surface area contributed by atoms with Gasteiger partial charge in [0.1, 0.15) is 5.58 Å². The van der Waals surface area contributed by atoms with E-state index in [2.05, 4.69) is 208 Å². The molecule has 0 radical (unpaired) electrons. The molecule has 3 nitrogen and oxygen atoms in total. The van der Waals surface area contributed by atoms with Gasteiger partial charge in [-0.05, 0) is 193 Å². The highest BCUT2D eigenvalue weighted by molar-refractivity contribution is 6.93. The van der Waals surface area contributed by atoms with Gasteiger partial charge in [0.15, 0.2) is 0 Å². The lowest BCUT2D eigenvalue weighted by Gasteiger charge is -2.51. The summed E-state index contributed by atoms with van der Waals surface area (Å²) >= 11 is 0. The Labute approximate surface area is 417 Å². The van der Waals surface area contributed by atoms with Crippen LogP contribution in [0.25, 0.3) is 11.0 Å². The Hall–Kier alpha value is -4.44. The van der Waals surface area contributed by atoms with Crippen molar-refractivity contribution in [3.63, 3.8) is 0 Å². The molecule has 11 rings (SSSR count). The maximum absolute atomic E-state index is 7.74. The minimum atomic E-state index is -0.0477. The third-order valence-corrected chi connectivity index (χ3v) is 19.3. The number of aryl methyl sites for hydroxylation is 1. The number of allylic oxidation sites excluding steroid dienone is 1. The van der Waals surface area contributed by atoms with Crippen LogP contribution in [0.2, 0.25) is 0 Å². The molecule has 4 aliphatic carbocycles. The number of rotatable bonds is 2. The summed E-state index contributed by atoms with van der Waals surface area (Å²) < 4.78 is 7.74. The summed E-state index contributed by atoms with van der Waals surface area (Å²) in [4.78, 5) is 5.55. The van der Waals surface area contributed by atoms with Gasteiger partial charge in [-0.15, -0.1) is 0 Å². The summed E-state index contributed by atoms with van der Waals surface area (Å²) in [5.74, 6) is 0. The van der Waals surface area contributed by atoms with Gasteiger partial charge >= 0.3 is 0 Å². The van der Waals surface area contributed by atoms with E-state index in [1.165, 1.54) is 133 Å². The normalized spacial score (nSPS) is 23.4. The minimum Gasteiger partial charge on any atom is -0.468 e. The largest absolute Gasteiger partial charge is 0.468 e. The Morgan fingerprint density at radius 1 is 0.551 bits per heavy atom. The van der Waals surface area contributed by atoms with Crippen LogP contribution in [-0.2, 0) is 37.9 Å². The van der Waals surface area contributed by atoms with Gasteiger partial charge in [-0.25, -0.2) is 0 Å². The molecule has 1 aromatic heterocycles. The molecule has 4 heteroatoms. The number of hydrogen-bond acceptors (Lipinski definition) is 3. The Morgan fingerprint density at radius 2 is 1.01 bits per heavy atom. The number of hydrogen-bond donors (Lipinski definition) is 0. The summed E-state index contributed by atoms with van der Waals surface area (Å²) in [5, 5.41) is 1.26. The third kappa shape index (κ3) is 6.92. The highest BCUT2D eigenvalue weighted by Gasteiger charge is 2.54. The van der Waals surface area contributed by atoms with Crippen LogP contribution in [0.1, 0.15) is 214 Å². The Balaban J connectivity index is 1.30. The SMILES string of the molecule is Cc1cc2c(cc1N1C3=C4B(c5cc6c(cc51)C(C)(C)CCC6(C)C)c1oc5cc6c(cc5c1N(c1ccc(C(C)(C)C)cc1)C4CC(C(C)(C)C)=C3)C(C)(C)CCC6(C)C)C(C)(C)CCC2(C)C. The van der Waals surface area contributed by atoms with Gasteiger partial charge in [0, 0.05) is 28.1 Å². The van der Waals surface area contributed by atoms with E-state index in [4.69, 9.17) is 4.42 Å². The Bertz CT molecular complexity index is 3070. The summed E-state index contributed by atoms with van der Waals surface area (Å²) in [7, 11) is 0. The molecular weight excluding hydrogens is 836 g/mol. The lowest BCUT2D eigenvalue weighted by atomic mass is 9.32. The van der Waals surface area contributed by atoms with Gasteiger partial charge in [-0.1, -0.05) is 154 Å². The molecule has 69 heavy (non-hydrogen) atoms. The van der Waals surface area contributed by atoms with Crippen LogP contribution in [0.4, 0.5) is 22.7 Å². The maximum atomic E-state index is 7.74. The molecule has 0 spiro atoms. The van der Waals surface area contributed by atoms with Crippen molar-refractivity contribution in [1.29, 1.82) is 0 Å². The smallest absolute Gasteiger partial charge is 0.292 e. The van der Waals surface area contributed by atoms with Crippen molar-refractivity contribution >= 4 is 51.6 Å². The first kappa shape index (κ1) is 46.9. The molecule has 1 unspecified atom stereocenters. The van der Waals surface area contributed by atoms with Crippen LogP contribution in [-0.4, -0.2) is 12.8 Å². The van der Waals surface area contributed by atoms with Gasteiger partial charge in [0.05, 0.1) is 17.4 Å². The van der Waals surface area contributed by atoms with Crippen molar-refractivity contribution in [2.24, 2.45) is 5.41 Å². The fraction of sp³-hybridized carbons (Fsp3) is 0.538. The topological polar surface area (TPSA) is 19.6 Å². The zero-order valence-corrected chi connectivity index (χ0v) is 46.3. The van der Waals surface area contributed by atoms with Crippen LogP contribution in [0, 0.1) is 12.3 Å². The lowest BCUT2D eigenvalue weighted by Crippen LogP contribution is -2.61. The number of benzene rings is 4. The number of furan rings is 1. The van der Waals surface area contributed by atoms with Crippen molar-refractivity contribution in [2.45, 2.75) is 220 Å². The first-order valence-electron chi connectivity index (χ1n) is 26.9. The van der Waals surface area contributed by atoms with Crippen LogP contribution >= 0.6 is 0 Å². The Kier molecular flexibility index (Phi) is 9.77. The molecular formula is C65H83BN2O. The highest BCUT2D eigenvalue weighted by atomic mass is 16.3. The molecule has 6 aliphatic rings. The lowest BCUT2D eigenvalue weighted by molar-refractivity contribution is 0.331. The second kappa shape index (κ2) is 14.4. The molecule has 0 amide bonds. The molecule has 4 aromatic carbocycles. The van der Waals surface area contributed by atoms with E-state index in [9.17, 15) is 0 Å². The number of anilines is 4. The first-order chi connectivity index (χ1) is 31.8. The molecule has 3 heterocycles. The molecule has 0 bridgehead atoms. The van der Waals surface area contributed by atoms with E-state index < -0.39 is 0 Å². The molecule has 0 fully saturated rings. The zero-order valence-electron chi connectivity index (χ0n) is 46.3. The van der Waals surface area contributed by atoms with Gasteiger partial charge in [-0.2, -0.15) is 0 Å². The van der Waals surface area contributed by atoms with Crippen LogP contribution < -0.4 is 20.9 Å². The van der Waals surface area contributed by atoms with E-state index in [0.717, 1.165) is 17.7 Å². The fourth-order valence-electron chi connectivity index (χ4n) is 14.1. The maximum Gasteiger partial charge on any atom is 0.292 e. The van der Waals surface area contributed by atoms with Gasteiger partial charge in [0.25, 0.3) is 6.71 Å². The summed E-state index contributed by atoms with van der Waals surface area (Å²) in [6.07, 6.45) is 10.7. The second-order valence-corrected chi connectivity index (χ2v) is 29.1. The van der Waals surface area contributed by atoms with Crippen LogP contribution in [0.3, 0.4) is 0 Å².